The largest absolute Gasteiger partial charge is 0.274 e. The van der Waals surface area contributed by atoms with Gasteiger partial charge in [-0.15, -0.1) is 0 Å². The number of hydrogen-bond donors (Lipinski definition) is 6. The monoisotopic (exact) mass is 177 g/mol. The average Bonchev–Trinajstić information content (AvgIpc) is 2.29. The molecule has 0 fully saturated rings. The van der Waals surface area contributed by atoms with Crippen LogP contribution in [0.5, 0.6) is 0 Å². The van der Waals surface area contributed by atoms with Gasteiger partial charge in [-0.3, -0.25) is 35.1 Å². The second-order valence-electron chi connectivity index (χ2n) is 0.794. The Bertz CT molecular complexity index is 81.7. The molecule has 0 aromatic carbocycles. The van der Waals surface area contributed by atoms with Gasteiger partial charge in [0.05, 0.1) is 0 Å². The number of rotatable bonds is 0. The maximum atomic E-state index is 4.00. The number of aromatic nitrogens is 3. The van der Waals surface area contributed by atoms with Crippen LogP contribution in [0.3, 0.4) is 0 Å². The van der Waals surface area contributed by atoms with E-state index in [9.17, 15) is 0 Å². The van der Waals surface area contributed by atoms with Crippen LogP contribution in [0.15, 0.2) is 19.0 Å². The van der Waals surface area contributed by atoms with E-state index in [2.05, 4.69) is 50.0 Å². The summed E-state index contributed by atoms with van der Waals surface area (Å²) in [6.45, 7) is 0. The van der Waals surface area contributed by atoms with Gasteiger partial charge in [0.1, 0.15) is 19.0 Å². The second-order valence-corrected chi connectivity index (χ2v) is 0.794. The Hall–Kier alpha value is -1.23. The van der Waals surface area contributed by atoms with E-state index in [-0.39, 0.29) is 0 Å². The Kier molecular flexibility index (Phi) is 46.9. The Balaban J connectivity index is -0.000000117. The van der Waals surface area contributed by atoms with Crippen LogP contribution in [0.25, 0.3) is 0 Å². The Morgan fingerprint density at radius 3 is 0.750 bits per heavy atom. The van der Waals surface area contributed by atoms with Crippen LogP contribution >= 0.6 is 0 Å². The molecule has 1 heterocycles. The van der Waals surface area contributed by atoms with Crippen LogP contribution in [0.1, 0.15) is 0 Å². The van der Waals surface area contributed by atoms with Crippen LogP contribution in [0, 0.1) is 0 Å². The number of hydrazine groups is 3. The van der Waals surface area contributed by atoms with Gasteiger partial charge in [0.25, 0.3) is 0 Å². The number of nitrogens with two attached hydrogens (primary N) is 6. The van der Waals surface area contributed by atoms with E-state index >= 15 is 0 Å². The van der Waals surface area contributed by atoms with Crippen molar-refractivity contribution in [2.24, 2.45) is 35.1 Å². The fourth-order valence-corrected chi connectivity index (χ4v) is 0.205. The molecule has 0 atom stereocenters. The fourth-order valence-electron chi connectivity index (χ4n) is 0.205. The summed E-state index contributed by atoms with van der Waals surface area (Å²) in [4.78, 5) is 10.7. The Labute approximate surface area is 70.1 Å². The van der Waals surface area contributed by atoms with Crippen molar-refractivity contribution in [1.29, 1.82) is 0 Å². The third-order valence-corrected chi connectivity index (χ3v) is 0.400. The van der Waals surface area contributed by atoms with Gasteiger partial charge in [-0.2, -0.15) is 0 Å². The predicted octanol–water partition coefficient (Wildman–Crippen LogP) is -3.67. The molecule has 1 rings (SSSR count). The molecular formula is C3H15N9. The Morgan fingerprint density at radius 1 is 0.500 bits per heavy atom. The van der Waals surface area contributed by atoms with Crippen molar-refractivity contribution < 1.29 is 0 Å². The molecule has 0 aliphatic rings. The molecule has 12 N–H and O–H groups in total. The van der Waals surface area contributed by atoms with E-state index in [0.29, 0.717) is 0 Å². The van der Waals surface area contributed by atoms with Crippen LogP contribution < -0.4 is 35.1 Å². The molecule has 12 heavy (non-hydrogen) atoms. The molecular weight excluding hydrogens is 162 g/mol. The lowest BCUT2D eigenvalue weighted by Crippen LogP contribution is -2.02. The first-order chi connectivity index (χ1) is 6.00. The van der Waals surface area contributed by atoms with Crippen molar-refractivity contribution in [3.63, 3.8) is 0 Å². The lowest BCUT2D eigenvalue weighted by atomic mass is 11.1. The lowest BCUT2D eigenvalue weighted by Gasteiger charge is -1.69. The van der Waals surface area contributed by atoms with E-state index in [1.165, 1.54) is 19.0 Å². The summed E-state index contributed by atoms with van der Waals surface area (Å²) in [6.07, 6.45) is 4.31. The first-order valence-electron chi connectivity index (χ1n) is 2.55. The fraction of sp³-hybridized carbons (Fsp3) is 0. The topological polar surface area (TPSA) is 195 Å². The molecule has 0 amide bonds. The molecule has 9 nitrogen and oxygen atoms in total. The van der Waals surface area contributed by atoms with Crippen LogP contribution in [-0.2, 0) is 0 Å². The summed E-state index contributed by atoms with van der Waals surface area (Å²) >= 11 is 0. The molecule has 1 aromatic rings. The zero-order valence-corrected chi connectivity index (χ0v) is 6.54. The van der Waals surface area contributed by atoms with Crippen molar-refractivity contribution >= 4 is 0 Å². The first kappa shape index (κ1) is 17.0. The Morgan fingerprint density at radius 2 is 0.667 bits per heavy atom. The van der Waals surface area contributed by atoms with E-state index in [0.717, 1.165) is 0 Å². The van der Waals surface area contributed by atoms with Crippen molar-refractivity contribution in [2.75, 3.05) is 0 Å². The van der Waals surface area contributed by atoms with Crippen LogP contribution in [0.4, 0.5) is 0 Å². The summed E-state index contributed by atoms with van der Waals surface area (Å²) in [7, 11) is 0. The summed E-state index contributed by atoms with van der Waals surface area (Å²) in [6, 6.07) is 0. The van der Waals surface area contributed by atoms with Crippen LogP contribution in [-0.4, -0.2) is 15.0 Å². The van der Waals surface area contributed by atoms with Gasteiger partial charge in [-0.1, -0.05) is 0 Å². The van der Waals surface area contributed by atoms with Crippen molar-refractivity contribution in [2.45, 2.75) is 0 Å². The minimum Gasteiger partial charge on any atom is -0.274 e. The summed E-state index contributed by atoms with van der Waals surface area (Å²) in [5.41, 5.74) is 0. The number of hydrogen-bond acceptors (Lipinski definition) is 9. The van der Waals surface area contributed by atoms with E-state index < -0.39 is 0 Å². The van der Waals surface area contributed by atoms with Gasteiger partial charge in [-0.05, 0) is 0 Å². The normalized spacial score (nSPS) is 5.50. The molecule has 0 saturated carbocycles. The summed E-state index contributed by atoms with van der Waals surface area (Å²) < 4.78 is 0. The maximum Gasteiger partial charge on any atom is 0.119 e. The third-order valence-electron chi connectivity index (χ3n) is 0.400. The number of nitrogens with zero attached hydrogens (tertiary/aromatic N) is 3. The highest BCUT2D eigenvalue weighted by Crippen LogP contribution is 1.57. The maximum absolute atomic E-state index is 4.00. The highest BCUT2D eigenvalue weighted by atomic mass is 15.0. The van der Waals surface area contributed by atoms with E-state index in [1.807, 2.05) is 0 Å². The van der Waals surface area contributed by atoms with Gasteiger partial charge < -0.3 is 0 Å². The molecule has 1 aromatic heterocycles. The smallest absolute Gasteiger partial charge is 0.119 e. The molecule has 9 heteroatoms. The molecule has 0 spiro atoms. The molecule has 0 aliphatic heterocycles. The predicted molar refractivity (Wildman–Crippen MR) is 45.0 cm³/mol. The van der Waals surface area contributed by atoms with Gasteiger partial charge in [0.15, 0.2) is 0 Å². The molecule has 0 bridgehead atoms. The molecule has 0 unspecified atom stereocenters. The third kappa shape index (κ3) is 23.3. The molecule has 0 saturated heterocycles. The SMILES string of the molecule is NN.NN.NN.c1ncncn1. The molecule has 72 valence electrons. The molecule has 0 aliphatic carbocycles. The zero-order chi connectivity index (χ0) is 10.2. The van der Waals surface area contributed by atoms with Crippen molar-refractivity contribution in [1.82, 2.24) is 15.0 Å². The first-order valence-corrected chi connectivity index (χ1v) is 2.55. The second kappa shape index (κ2) is 33.0. The quantitative estimate of drug-likeness (QED) is 0.171. The van der Waals surface area contributed by atoms with E-state index in [1.54, 1.807) is 0 Å². The van der Waals surface area contributed by atoms with Gasteiger partial charge in [-0.25, -0.2) is 15.0 Å². The highest BCUT2D eigenvalue weighted by molar-refractivity contribution is 4.51. The lowest BCUT2D eigenvalue weighted by molar-refractivity contribution is 1.05. The minimum atomic E-state index is 1.44. The zero-order valence-electron chi connectivity index (χ0n) is 6.54. The van der Waals surface area contributed by atoms with E-state index in [4.69, 9.17) is 0 Å². The standard InChI is InChI=1S/C3H3N3.3H4N2/c1-4-2-6-3-5-1;3*1-2/h1-3H;3*1-2H2. The molecule has 0 radical (unpaired) electrons. The van der Waals surface area contributed by atoms with Gasteiger partial charge >= 0.3 is 0 Å². The van der Waals surface area contributed by atoms with Gasteiger partial charge in [0.2, 0.25) is 0 Å². The average molecular weight is 177 g/mol. The van der Waals surface area contributed by atoms with Crippen molar-refractivity contribution in [3.05, 3.63) is 19.0 Å². The highest BCUT2D eigenvalue weighted by Gasteiger charge is 1.59. The van der Waals surface area contributed by atoms with Crippen molar-refractivity contribution in [3.8, 4) is 0 Å². The minimum absolute atomic E-state index is 1.44. The summed E-state index contributed by atoms with van der Waals surface area (Å²) in [5, 5.41) is 0. The van der Waals surface area contributed by atoms with Gasteiger partial charge in [0, 0.05) is 0 Å². The van der Waals surface area contributed by atoms with Crippen LogP contribution in [0.2, 0.25) is 0 Å². The summed E-state index contributed by atoms with van der Waals surface area (Å²) in [5.74, 6) is 24.0.